The van der Waals surface area contributed by atoms with E-state index in [1.54, 1.807) is 0 Å². The Balaban J connectivity index is 0.000000810. The second-order valence-electron chi connectivity index (χ2n) is 2.24. The van der Waals surface area contributed by atoms with Crippen molar-refractivity contribution >= 4 is 9.90 Å². The lowest BCUT2D eigenvalue weighted by atomic mass is 10.1. The van der Waals surface area contributed by atoms with Gasteiger partial charge in [-0.25, -0.2) is 0 Å². The second-order valence-corrected chi connectivity index (χ2v) is 2.24. The first-order valence-corrected chi connectivity index (χ1v) is 2.97. The lowest BCUT2D eigenvalue weighted by Gasteiger charge is -1.99. The van der Waals surface area contributed by atoms with Gasteiger partial charge in [-0.1, -0.05) is 18.2 Å². The van der Waals surface area contributed by atoms with Crippen molar-refractivity contribution in [1.29, 1.82) is 0 Å². The predicted molar refractivity (Wildman–Crippen MR) is 44.5 cm³/mol. The van der Waals surface area contributed by atoms with E-state index < -0.39 is 0 Å². The smallest absolute Gasteiger partial charge is 0.121 e. The van der Waals surface area contributed by atoms with E-state index in [0.29, 0.717) is 5.75 Å². The Kier molecular flexibility index (Phi) is 3.38. The van der Waals surface area contributed by atoms with Crippen LogP contribution in [0.2, 0.25) is 0 Å². The number of aryl methyl sites for hydroxylation is 2. The van der Waals surface area contributed by atoms with Crippen LogP contribution in [0.15, 0.2) is 18.2 Å². The predicted octanol–water partition coefficient (Wildman–Crippen LogP) is 2.87. The molecule has 0 saturated carbocycles. The number of rotatable bonds is 0. The average molecular weight is 153 g/mol. The Morgan fingerprint density at radius 2 is 1.50 bits per heavy atom. The molecule has 0 heterocycles. The summed E-state index contributed by atoms with van der Waals surface area (Å²) >= 11 is 0. The van der Waals surface area contributed by atoms with E-state index in [2.05, 4.69) is 0 Å². The standard InChI is InChI=1S/C8H10O.P/c1-6-4-3-5-7(2)8(6)9;/h3-5,9H,1-2H3;. The molecule has 0 atom stereocenters. The van der Waals surface area contributed by atoms with Crippen molar-refractivity contribution in [2.45, 2.75) is 13.8 Å². The molecule has 1 rings (SSSR count). The van der Waals surface area contributed by atoms with Crippen LogP contribution >= 0.6 is 9.90 Å². The number of para-hydroxylation sites is 1. The van der Waals surface area contributed by atoms with Crippen LogP contribution in [0.25, 0.3) is 0 Å². The lowest BCUT2D eigenvalue weighted by molar-refractivity contribution is 0.467. The van der Waals surface area contributed by atoms with Gasteiger partial charge in [0.15, 0.2) is 0 Å². The minimum absolute atomic E-state index is 0. The zero-order chi connectivity index (χ0) is 6.85. The Labute approximate surface area is 64.7 Å². The van der Waals surface area contributed by atoms with Crippen LogP contribution < -0.4 is 0 Å². The summed E-state index contributed by atoms with van der Waals surface area (Å²) in [4.78, 5) is 0. The summed E-state index contributed by atoms with van der Waals surface area (Å²) in [6.45, 7) is 3.78. The molecule has 0 bridgehead atoms. The highest BCUT2D eigenvalue weighted by molar-refractivity contribution is 6.92. The molecule has 1 nitrogen and oxygen atoms in total. The van der Waals surface area contributed by atoms with Gasteiger partial charge in [-0.2, -0.15) is 0 Å². The summed E-state index contributed by atoms with van der Waals surface area (Å²) in [6, 6.07) is 5.72. The fourth-order valence-corrected chi connectivity index (χ4v) is 0.806. The van der Waals surface area contributed by atoms with Gasteiger partial charge in [0.25, 0.3) is 0 Å². The van der Waals surface area contributed by atoms with Crippen molar-refractivity contribution in [2.75, 3.05) is 0 Å². The van der Waals surface area contributed by atoms with E-state index in [1.165, 1.54) is 0 Å². The van der Waals surface area contributed by atoms with Crippen LogP contribution in [0.4, 0.5) is 0 Å². The number of benzene rings is 1. The van der Waals surface area contributed by atoms with Gasteiger partial charge < -0.3 is 5.11 Å². The van der Waals surface area contributed by atoms with Gasteiger partial charge in [0.05, 0.1) is 0 Å². The third-order valence-electron chi connectivity index (χ3n) is 1.44. The molecule has 1 aromatic rings. The van der Waals surface area contributed by atoms with E-state index >= 15 is 0 Å². The first-order chi connectivity index (χ1) is 4.22. The summed E-state index contributed by atoms with van der Waals surface area (Å²) < 4.78 is 0. The molecule has 0 spiro atoms. The molecule has 0 amide bonds. The van der Waals surface area contributed by atoms with Crippen molar-refractivity contribution in [1.82, 2.24) is 0 Å². The molecule has 1 N–H and O–H groups in total. The molecule has 10 heavy (non-hydrogen) atoms. The summed E-state index contributed by atoms with van der Waals surface area (Å²) in [6.07, 6.45) is 0. The normalized spacial score (nSPS) is 8.60. The number of hydrogen-bond donors (Lipinski definition) is 1. The molecule has 0 aliphatic rings. The van der Waals surface area contributed by atoms with Crippen LogP contribution in [0.3, 0.4) is 0 Å². The van der Waals surface area contributed by atoms with Gasteiger partial charge in [0.2, 0.25) is 0 Å². The van der Waals surface area contributed by atoms with Crippen LogP contribution in [-0.4, -0.2) is 5.11 Å². The van der Waals surface area contributed by atoms with Crippen molar-refractivity contribution in [3.05, 3.63) is 29.3 Å². The molecule has 0 fully saturated rings. The minimum Gasteiger partial charge on any atom is -0.507 e. The van der Waals surface area contributed by atoms with Crippen LogP contribution in [0, 0.1) is 13.8 Å². The van der Waals surface area contributed by atoms with Gasteiger partial charge in [-0.3, -0.25) is 0 Å². The second kappa shape index (κ2) is 3.58. The zero-order valence-corrected chi connectivity index (χ0v) is 7.02. The summed E-state index contributed by atoms with van der Waals surface area (Å²) in [5.74, 6) is 0.414. The number of aromatic hydroxyl groups is 1. The maximum Gasteiger partial charge on any atom is 0.121 e. The van der Waals surface area contributed by atoms with Gasteiger partial charge in [0.1, 0.15) is 5.75 Å². The quantitative estimate of drug-likeness (QED) is 0.568. The fourth-order valence-electron chi connectivity index (χ4n) is 0.806. The molecule has 0 aliphatic carbocycles. The van der Waals surface area contributed by atoms with Crippen molar-refractivity contribution in [3.8, 4) is 5.75 Å². The zero-order valence-electron chi connectivity index (χ0n) is 6.13. The van der Waals surface area contributed by atoms with Crippen LogP contribution in [0.1, 0.15) is 11.1 Å². The summed E-state index contributed by atoms with van der Waals surface area (Å²) in [5.41, 5.74) is 1.88. The average Bonchev–Trinajstić information content (AvgIpc) is 1.83. The number of phenolic OH excluding ortho intramolecular Hbond substituents is 1. The first-order valence-electron chi connectivity index (χ1n) is 2.97. The monoisotopic (exact) mass is 153 g/mol. The van der Waals surface area contributed by atoms with Gasteiger partial charge in [0, 0.05) is 9.90 Å². The molecule has 1 aromatic carbocycles. The molecule has 0 aromatic heterocycles. The van der Waals surface area contributed by atoms with E-state index in [-0.39, 0.29) is 9.90 Å². The summed E-state index contributed by atoms with van der Waals surface area (Å²) in [5, 5.41) is 9.21. The molecule has 0 saturated heterocycles. The number of phenols is 1. The van der Waals surface area contributed by atoms with Crippen molar-refractivity contribution in [3.63, 3.8) is 0 Å². The Morgan fingerprint density at radius 3 is 1.80 bits per heavy atom. The molecule has 3 radical (unpaired) electrons. The SMILES string of the molecule is Cc1cccc(C)c1O.[P]. The topological polar surface area (TPSA) is 20.2 Å². The Morgan fingerprint density at radius 1 is 1.10 bits per heavy atom. The van der Waals surface area contributed by atoms with Gasteiger partial charge >= 0.3 is 0 Å². The Hall–Kier alpha value is -0.550. The highest BCUT2D eigenvalue weighted by Crippen LogP contribution is 2.19. The van der Waals surface area contributed by atoms with E-state index in [9.17, 15) is 5.11 Å². The Bertz CT molecular complexity index is 200. The van der Waals surface area contributed by atoms with E-state index in [0.717, 1.165) is 11.1 Å². The highest BCUT2D eigenvalue weighted by Gasteiger charge is 1.95. The molecule has 0 unspecified atom stereocenters. The van der Waals surface area contributed by atoms with Crippen LogP contribution in [-0.2, 0) is 0 Å². The van der Waals surface area contributed by atoms with E-state index in [1.807, 2.05) is 32.0 Å². The fraction of sp³-hybridized carbons (Fsp3) is 0.250. The van der Waals surface area contributed by atoms with Crippen molar-refractivity contribution in [2.24, 2.45) is 0 Å². The molecule has 2 heteroatoms. The molecular formula is C8H10OP. The van der Waals surface area contributed by atoms with Crippen molar-refractivity contribution < 1.29 is 5.11 Å². The van der Waals surface area contributed by atoms with E-state index in [4.69, 9.17) is 0 Å². The minimum atomic E-state index is 0. The van der Waals surface area contributed by atoms with Gasteiger partial charge in [-0.05, 0) is 25.0 Å². The molecule has 0 aliphatic heterocycles. The first kappa shape index (κ1) is 9.45. The lowest BCUT2D eigenvalue weighted by Crippen LogP contribution is -1.76. The third kappa shape index (κ3) is 1.71. The molecular weight excluding hydrogens is 143 g/mol. The van der Waals surface area contributed by atoms with Crippen LogP contribution in [0.5, 0.6) is 5.75 Å². The maximum atomic E-state index is 9.21. The van der Waals surface area contributed by atoms with Gasteiger partial charge in [-0.15, -0.1) is 0 Å². The highest BCUT2D eigenvalue weighted by atomic mass is 31.0. The maximum absolute atomic E-state index is 9.21. The number of hydrogen-bond acceptors (Lipinski definition) is 1. The molecule has 53 valence electrons. The third-order valence-corrected chi connectivity index (χ3v) is 1.44. The largest absolute Gasteiger partial charge is 0.507 e. The summed E-state index contributed by atoms with van der Waals surface area (Å²) in [7, 11) is 0.